The van der Waals surface area contributed by atoms with Crippen LogP contribution < -0.4 is 5.73 Å². The van der Waals surface area contributed by atoms with Gasteiger partial charge in [-0.1, -0.05) is 56.5 Å². The molecule has 0 bridgehead atoms. The molecule has 3 N–H and O–H groups in total. The highest BCUT2D eigenvalue weighted by molar-refractivity contribution is 5.18. The minimum Gasteiger partial charge on any atom is -0.387 e. The van der Waals surface area contributed by atoms with Crippen LogP contribution in [0.15, 0.2) is 30.3 Å². The highest BCUT2D eigenvalue weighted by Gasteiger charge is 2.15. The van der Waals surface area contributed by atoms with E-state index in [1.165, 1.54) is 12.8 Å². The minimum absolute atomic E-state index is 0.140. The van der Waals surface area contributed by atoms with Crippen molar-refractivity contribution >= 4 is 0 Å². The van der Waals surface area contributed by atoms with Crippen molar-refractivity contribution in [2.45, 2.75) is 44.8 Å². The number of benzene rings is 1. The van der Waals surface area contributed by atoms with Crippen LogP contribution in [-0.2, 0) is 0 Å². The summed E-state index contributed by atoms with van der Waals surface area (Å²) in [6, 6.07) is 9.50. The van der Waals surface area contributed by atoms with Crippen LogP contribution >= 0.6 is 0 Å². The van der Waals surface area contributed by atoms with Gasteiger partial charge in [-0.15, -0.1) is 0 Å². The van der Waals surface area contributed by atoms with Crippen LogP contribution in [0.1, 0.15) is 44.3 Å². The van der Waals surface area contributed by atoms with Gasteiger partial charge in [0.25, 0.3) is 0 Å². The van der Waals surface area contributed by atoms with Crippen LogP contribution in [0.4, 0.5) is 0 Å². The summed E-state index contributed by atoms with van der Waals surface area (Å²) in [5, 5.41) is 9.96. The molecule has 0 aromatic heterocycles. The van der Waals surface area contributed by atoms with E-state index < -0.39 is 6.10 Å². The molecule has 0 heterocycles. The molecule has 0 aliphatic carbocycles. The molecule has 2 heteroatoms. The average Bonchev–Trinajstić information content (AvgIpc) is 2.29. The number of unbranched alkanes of at least 4 members (excludes halogenated alkanes) is 2. The lowest BCUT2D eigenvalue weighted by Gasteiger charge is -2.18. The van der Waals surface area contributed by atoms with Crippen molar-refractivity contribution in [3.05, 3.63) is 35.9 Å². The Balaban J connectivity index is 2.42. The number of aliphatic hydroxyl groups is 1. The second-order valence-corrected chi connectivity index (χ2v) is 4.02. The molecule has 0 radical (unpaired) electrons. The maximum Gasteiger partial charge on any atom is 0.0940 e. The molecule has 2 atom stereocenters. The predicted molar refractivity (Wildman–Crippen MR) is 63.5 cm³/mol. The van der Waals surface area contributed by atoms with E-state index in [2.05, 4.69) is 6.92 Å². The fraction of sp³-hybridized carbons (Fsp3) is 0.538. The van der Waals surface area contributed by atoms with Gasteiger partial charge in [0, 0.05) is 6.04 Å². The van der Waals surface area contributed by atoms with Gasteiger partial charge in [0.1, 0.15) is 0 Å². The number of hydrogen-bond donors (Lipinski definition) is 2. The van der Waals surface area contributed by atoms with Crippen molar-refractivity contribution in [1.82, 2.24) is 0 Å². The van der Waals surface area contributed by atoms with Gasteiger partial charge in [0.05, 0.1) is 6.10 Å². The Morgan fingerprint density at radius 3 is 2.47 bits per heavy atom. The Kier molecular flexibility index (Phi) is 5.37. The first-order valence-electron chi connectivity index (χ1n) is 5.74. The molecule has 0 fully saturated rings. The smallest absolute Gasteiger partial charge is 0.0940 e. The molecule has 0 unspecified atom stereocenters. The van der Waals surface area contributed by atoms with E-state index >= 15 is 0 Å². The normalized spacial score (nSPS) is 14.9. The van der Waals surface area contributed by atoms with E-state index in [0.29, 0.717) is 0 Å². The largest absolute Gasteiger partial charge is 0.387 e. The minimum atomic E-state index is -0.525. The summed E-state index contributed by atoms with van der Waals surface area (Å²) in [5.74, 6) is 0. The van der Waals surface area contributed by atoms with Crippen molar-refractivity contribution in [3.8, 4) is 0 Å². The van der Waals surface area contributed by atoms with E-state index in [4.69, 9.17) is 5.73 Å². The first-order valence-corrected chi connectivity index (χ1v) is 5.74. The van der Waals surface area contributed by atoms with Gasteiger partial charge < -0.3 is 10.8 Å². The highest BCUT2D eigenvalue weighted by Crippen LogP contribution is 2.18. The highest BCUT2D eigenvalue weighted by atomic mass is 16.3. The molecule has 1 aromatic carbocycles. The quantitative estimate of drug-likeness (QED) is 0.704. The van der Waals surface area contributed by atoms with Gasteiger partial charge in [-0.2, -0.15) is 0 Å². The Morgan fingerprint density at radius 1 is 1.20 bits per heavy atom. The average molecular weight is 207 g/mol. The number of aliphatic hydroxyl groups excluding tert-OH is 1. The van der Waals surface area contributed by atoms with E-state index in [9.17, 15) is 5.11 Å². The lowest BCUT2D eigenvalue weighted by molar-refractivity contribution is 0.141. The molecule has 1 aromatic rings. The van der Waals surface area contributed by atoms with Gasteiger partial charge >= 0.3 is 0 Å². The van der Waals surface area contributed by atoms with E-state index in [1.807, 2.05) is 30.3 Å². The summed E-state index contributed by atoms with van der Waals surface area (Å²) in [6.45, 7) is 2.17. The van der Waals surface area contributed by atoms with Gasteiger partial charge in [-0.25, -0.2) is 0 Å². The zero-order valence-electron chi connectivity index (χ0n) is 9.39. The van der Waals surface area contributed by atoms with Crippen LogP contribution in [0.3, 0.4) is 0 Å². The van der Waals surface area contributed by atoms with Gasteiger partial charge in [0.2, 0.25) is 0 Å². The van der Waals surface area contributed by atoms with Crippen molar-refractivity contribution in [1.29, 1.82) is 0 Å². The van der Waals surface area contributed by atoms with E-state index in [1.54, 1.807) is 0 Å². The third-order valence-electron chi connectivity index (χ3n) is 2.69. The van der Waals surface area contributed by atoms with Crippen molar-refractivity contribution in [3.63, 3.8) is 0 Å². The zero-order valence-corrected chi connectivity index (χ0v) is 9.39. The molecular weight excluding hydrogens is 186 g/mol. The molecule has 0 aliphatic heterocycles. The molecule has 0 saturated heterocycles. The third-order valence-corrected chi connectivity index (χ3v) is 2.69. The number of nitrogens with two attached hydrogens (primary N) is 1. The Labute approximate surface area is 92.1 Å². The SMILES string of the molecule is CCCCC[C@H](N)[C@H](O)c1ccccc1. The topological polar surface area (TPSA) is 46.2 Å². The summed E-state index contributed by atoms with van der Waals surface area (Å²) >= 11 is 0. The van der Waals surface area contributed by atoms with Crippen LogP contribution in [0.5, 0.6) is 0 Å². The molecular formula is C13H21NO. The summed E-state index contributed by atoms with van der Waals surface area (Å²) in [7, 11) is 0. The standard InChI is InChI=1S/C13H21NO/c1-2-3-5-10-12(14)13(15)11-8-6-4-7-9-11/h4,6-9,12-13,15H,2-3,5,10,14H2,1H3/t12-,13+/m0/s1. The molecule has 2 nitrogen and oxygen atoms in total. The van der Waals surface area contributed by atoms with Crippen LogP contribution in [0, 0.1) is 0 Å². The molecule has 1 rings (SSSR count). The Bertz CT molecular complexity index is 260. The molecule has 0 saturated carbocycles. The summed E-state index contributed by atoms with van der Waals surface area (Å²) in [5.41, 5.74) is 6.86. The molecule has 0 amide bonds. The first kappa shape index (κ1) is 12.2. The van der Waals surface area contributed by atoms with Crippen molar-refractivity contribution in [2.75, 3.05) is 0 Å². The zero-order chi connectivity index (χ0) is 11.1. The first-order chi connectivity index (χ1) is 7.25. The second-order valence-electron chi connectivity index (χ2n) is 4.02. The van der Waals surface area contributed by atoms with Crippen LogP contribution in [-0.4, -0.2) is 11.1 Å². The predicted octanol–water partition coefficient (Wildman–Crippen LogP) is 2.63. The van der Waals surface area contributed by atoms with Crippen LogP contribution in [0.2, 0.25) is 0 Å². The molecule has 0 aliphatic rings. The monoisotopic (exact) mass is 207 g/mol. The summed E-state index contributed by atoms with van der Waals surface area (Å²) in [4.78, 5) is 0. The Morgan fingerprint density at radius 2 is 1.87 bits per heavy atom. The van der Waals surface area contributed by atoms with Crippen molar-refractivity contribution < 1.29 is 5.11 Å². The molecule has 84 valence electrons. The maximum atomic E-state index is 9.96. The van der Waals surface area contributed by atoms with Crippen LogP contribution in [0.25, 0.3) is 0 Å². The van der Waals surface area contributed by atoms with Gasteiger partial charge in [-0.05, 0) is 12.0 Å². The van der Waals surface area contributed by atoms with E-state index in [0.717, 1.165) is 18.4 Å². The maximum absolute atomic E-state index is 9.96. The molecule has 0 spiro atoms. The van der Waals surface area contributed by atoms with Gasteiger partial charge in [0.15, 0.2) is 0 Å². The van der Waals surface area contributed by atoms with Crippen molar-refractivity contribution in [2.24, 2.45) is 5.73 Å². The number of hydrogen-bond acceptors (Lipinski definition) is 2. The van der Waals surface area contributed by atoms with Gasteiger partial charge in [-0.3, -0.25) is 0 Å². The fourth-order valence-corrected chi connectivity index (χ4v) is 1.69. The summed E-state index contributed by atoms with van der Waals surface area (Å²) < 4.78 is 0. The summed E-state index contributed by atoms with van der Waals surface area (Å²) in [6.07, 6.45) is 3.84. The molecule has 15 heavy (non-hydrogen) atoms. The second kappa shape index (κ2) is 6.59. The number of rotatable bonds is 6. The fourth-order valence-electron chi connectivity index (χ4n) is 1.69. The lowest BCUT2D eigenvalue weighted by Crippen LogP contribution is -2.28. The Hall–Kier alpha value is -0.860. The third kappa shape index (κ3) is 4.02. The van der Waals surface area contributed by atoms with E-state index in [-0.39, 0.29) is 6.04 Å². The lowest BCUT2D eigenvalue weighted by atomic mass is 9.98.